The molecule has 0 heterocycles. The van der Waals surface area contributed by atoms with Crippen molar-refractivity contribution in [1.29, 1.82) is 0 Å². The molecular weight excluding hydrogens is 352 g/mol. The van der Waals surface area contributed by atoms with E-state index >= 15 is 0 Å². The number of ether oxygens (including phenoxy) is 1. The van der Waals surface area contributed by atoms with Gasteiger partial charge in [-0.15, -0.1) is 0 Å². The van der Waals surface area contributed by atoms with E-state index in [9.17, 15) is 0 Å². The summed E-state index contributed by atoms with van der Waals surface area (Å²) >= 11 is 0. The maximum absolute atomic E-state index is 7.02. The van der Waals surface area contributed by atoms with Crippen LogP contribution in [0.1, 0.15) is 158 Å². The molecule has 0 fully saturated rings. The van der Waals surface area contributed by atoms with Crippen molar-refractivity contribution in [2.24, 2.45) is 10.8 Å². The summed E-state index contributed by atoms with van der Waals surface area (Å²) in [5.41, 5.74) is 0.541. The quantitative estimate of drug-likeness (QED) is 0.181. The molecule has 0 saturated heterocycles. The molecule has 2 atom stereocenters. The van der Waals surface area contributed by atoms with Crippen LogP contribution in [0.3, 0.4) is 0 Å². The molecule has 0 radical (unpaired) electrons. The maximum Gasteiger partial charge on any atom is 0.0629 e. The fraction of sp³-hybridized carbons (Fsp3) is 1.00. The normalized spacial score (nSPS) is 14.9. The second-order valence-electron chi connectivity index (χ2n) is 10.9. The van der Waals surface area contributed by atoms with E-state index in [1.165, 1.54) is 103 Å². The summed E-state index contributed by atoms with van der Waals surface area (Å²) in [6.45, 7) is 19.0. The van der Waals surface area contributed by atoms with Crippen molar-refractivity contribution >= 4 is 0 Å². The minimum absolute atomic E-state index is 0.270. The molecule has 0 aliphatic rings. The van der Waals surface area contributed by atoms with Crippen molar-refractivity contribution in [3.8, 4) is 0 Å². The molecule has 0 bridgehead atoms. The van der Waals surface area contributed by atoms with Crippen LogP contribution in [0.4, 0.5) is 0 Å². The largest absolute Gasteiger partial charge is 0.374 e. The lowest BCUT2D eigenvalue weighted by Gasteiger charge is -2.42. The van der Waals surface area contributed by atoms with E-state index in [0.717, 1.165) is 0 Å². The Morgan fingerprint density at radius 1 is 0.483 bits per heavy atom. The van der Waals surface area contributed by atoms with Crippen molar-refractivity contribution in [3.05, 3.63) is 0 Å². The summed E-state index contributed by atoms with van der Waals surface area (Å²) in [5, 5.41) is 0. The molecule has 2 unspecified atom stereocenters. The van der Waals surface area contributed by atoms with E-state index in [4.69, 9.17) is 4.74 Å². The Hall–Kier alpha value is -0.0400. The number of hydrogen-bond acceptors (Lipinski definition) is 1. The van der Waals surface area contributed by atoms with Crippen molar-refractivity contribution in [1.82, 2.24) is 0 Å². The highest BCUT2D eigenvalue weighted by Gasteiger charge is 2.35. The van der Waals surface area contributed by atoms with Crippen LogP contribution in [0, 0.1) is 10.8 Å². The predicted octanol–water partition coefficient (Wildman–Crippen LogP) is 10.1. The van der Waals surface area contributed by atoms with Crippen molar-refractivity contribution in [2.75, 3.05) is 0 Å². The molecule has 0 amide bonds. The van der Waals surface area contributed by atoms with Gasteiger partial charge in [-0.2, -0.15) is 0 Å². The summed E-state index contributed by atoms with van der Waals surface area (Å²) < 4.78 is 7.02. The van der Waals surface area contributed by atoms with Gasteiger partial charge in [-0.3, -0.25) is 0 Å². The third-order valence-corrected chi connectivity index (χ3v) is 7.53. The lowest BCUT2D eigenvalue weighted by molar-refractivity contribution is -0.123. The fourth-order valence-electron chi connectivity index (χ4n) is 4.16. The highest BCUT2D eigenvalue weighted by molar-refractivity contribution is 4.84. The molecule has 1 heteroatoms. The Morgan fingerprint density at radius 3 is 1.10 bits per heavy atom. The van der Waals surface area contributed by atoms with Crippen LogP contribution < -0.4 is 0 Å². The highest BCUT2D eigenvalue weighted by Crippen LogP contribution is 2.38. The van der Waals surface area contributed by atoms with Crippen molar-refractivity contribution in [2.45, 2.75) is 170 Å². The van der Waals surface area contributed by atoms with Gasteiger partial charge in [0.05, 0.1) is 12.2 Å². The molecule has 0 aromatic rings. The SMILES string of the molecule is CCCCCCCCC(OC(CCCCCCCC)C(C)(C)CC)C(C)(C)CC. The van der Waals surface area contributed by atoms with Gasteiger partial charge in [-0.25, -0.2) is 0 Å². The zero-order valence-electron chi connectivity index (χ0n) is 21.9. The van der Waals surface area contributed by atoms with Gasteiger partial charge in [-0.05, 0) is 36.5 Å². The zero-order valence-corrected chi connectivity index (χ0v) is 21.9. The Bertz CT molecular complexity index is 323. The first-order chi connectivity index (χ1) is 13.7. The molecule has 0 N–H and O–H groups in total. The summed E-state index contributed by atoms with van der Waals surface area (Å²) in [7, 11) is 0. The topological polar surface area (TPSA) is 9.23 Å². The van der Waals surface area contributed by atoms with E-state index in [2.05, 4.69) is 55.4 Å². The molecule has 0 aromatic carbocycles. The summed E-state index contributed by atoms with van der Waals surface area (Å²) in [4.78, 5) is 0. The maximum atomic E-state index is 7.02. The first kappa shape index (κ1) is 29.0. The summed E-state index contributed by atoms with van der Waals surface area (Å²) in [6, 6.07) is 0. The zero-order chi connectivity index (χ0) is 22.2. The predicted molar refractivity (Wildman–Crippen MR) is 133 cm³/mol. The van der Waals surface area contributed by atoms with E-state index < -0.39 is 0 Å². The van der Waals surface area contributed by atoms with E-state index in [1.807, 2.05) is 0 Å². The van der Waals surface area contributed by atoms with Crippen LogP contribution in [-0.2, 0) is 4.74 Å². The van der Waals surface area contributed by atoms with Crippen LogP contribution in [0.25, 0.3) is 0 Å². The van der Waals surface area contributed by atoms with Gasteiger partial charge in [0.1, 0.15) is 0 Å². The standard InChI is InChI=1S/C28H58O/c1-9-13-15-17-19-21-23-25(27(5,6)11-3)29-26(28(7,8)12-4)24-22-20-18-16-14-10-2/h25-26H,9-24H2,1-8H3. The van der Waals surface area contributed by atoms with Gasteiger partial charge in [0.15, 0.2) is 0 Å². The molecule has 0 aromatic heterocycles. The minimum atomic E-state index is 0.270. The second-order valence-corrected chi connectivity index (χ2v) is 10.9. The fourth-order valence-corrected chi connectivity index (χ4v) is 4.16. The van der Waals surface area contributed by atoms with Gasteiger partial charge >= 0.3 is 0 Å². The first-order valence-electron chi connectivity index (χ1n) is 13.4. The van der Waals surface area contributed by atoms with Gasteiger partial charge in [0.25, 0.3) is 0 Å². The average Bonchev–Trinajstić information content (AvgIpc) is 2.70. The number of rotatable bonds is 20. The number of hydrogen-bond donors (Lipinski definition) is 0. The molecule has 0 rings (SSSR count). The molecular formula is C28H58O. The van der Waals surface area contributed by atoms with Gasteiger partial charge in [0.2, 0.25) is 0 Å². The summed E-state index contributed by atoms with van der Waals surface area (Å²) in [6.07, 6.45) is 22.1. The smallest absolute Gasteiger partial charge is 0.0629 e. The second kappa shape index (κ2) is 16.6. The van der Waals surface area contributed by atoms with E-state index in [-0.39, 0.29) is 10.8 Å². The molecule has 0 saturated carbocycles. The van der Waals surface area contributed by atoms with Crippen molar-refractivity contribution < 1.29 is 4.74 Å². The molecule has 0 aliphatic carbocycles. The van der Waals surface area contributed by atoms with E-state index in [0.29, 0.717) is 12.2 Å². The molecule has 176 valence electrons. The molecule has 29 heavy (non-hydrogen) atoms. The van der Waals surface area contributed by atoms with Crippen LogP contribution in [0.15, 0.2) is 0 Å². The lowest BCUT2D eigenvalue weighted by atomic mass is 9.78. The Labute approximate surface area is 186 Å². The highest BCUT2D eigenvalue weighted by atomic mass is 16.5. The third kappa shape index (κ3) is 13.1. The molecule has 0 spiro atoms. The summed E-state index contributed by atoms with van der Waals surface area (Å²) in [5.74, 6) is 0. The van der Waals surface area contributed by atoms with Gasteiger partial charge in [0, 0.05) is 0 Å². The van der Waals surface area contributed by atoms with Gasteiger partial charge < -0.3 is 4.74 Å². The lowest BCUT2D eigenvalue weighted by Crippen LogP contribution is -2.41. The minimum Gasteiger partial charge on any atom is -0.374 e. The molecule has 1 nitrogen and oxygen atoms in total. The number of unbranched alkanes of at least 4 members (excludes halogenated alkanes) is 10. The van der Waals surface area contributed by atoms with Crippen LogP contribution >= 0.6 is 0 Å². The molecule has 0 aliphatic heterocycles. The van der Waals surface area contributed by atoms with Crippen LogP contribution in [0.5, 0.6) is 0 Å². The average molecular weight is 411 g/mol. The Balaban J connectivity index is 4.81. The van der Waals surface area contributed by atoms with Crippen molar-refractivity contribution in [3.63, 3.8) is 0 Å². The van der Waals surface area contributed by atoms with Crippen LogP contribution in [-0.4, -0.2) is 12.2 Å². The Kier molecular flexibility index (Phi) is 16.6. The van der Waals surface area contributed by atoms with Gasteiger partial charge in [-0.1, -0.05) is 132 Å². The first-order valence-corrected chi connectivity index (χ1v) is 13.4. The third-order valence-electron chi connectivity index (χ3n) is 7.53. The Morgan fingerprint density at radius 2 is 0.793 bits per heavy atom. The van der Waals surface area contributed by atoms with Crippen LogP contribution in [0.2, 0.25) is 0 Å². The van der Waals surface area contributed by atoms with E-state index in [1.54, 1.807) is 0 Å². The monoisotopic (exact) mass is 410 g/mol.